The summed E-state index contributed by atoms with van der Waals surface area (Å²) in [6.45, 7) is 2.04. The summed E-state index contributed by atoms with van der Waals surface area (Å²) in [5.74, 6) is 0.882. The summed E-state index contributed by atoms with van der Waals surface area (Å²) >= 11 is 9.98. The average molecular weight is 373 g/mol. The maximum Gasteiger partial charge on any atom is 0.410 e. The number of carbonyl (C=O) groups excluding carboxylic acids is 1. The van der Waals surface area contributed by atoms with Gasteiger partial charge in [-0.2, -0.15) is 0 Å². The number of ether oxygens (including phenoxy) is 1. The number of carbonyl (C=O) groups is 1. The highest BCUT2D eigenvalue weighted by molar-refractivity contribution is 9.10. The maximum absolute atomic E-state index is 11.8. The molecule has 0 aromatic carbocycles. The third-order valence-electron chi connectivity index (χ3n) is 4.91. The molecule has 1 saturated heterocycles. The number of hydrogen-bond donors (Lipinski definition) is 1. The largest absolute Gasteiger partial charge is 0.448 e. The zero-order valence-electron chi connectivity index (χ0n) is 11.4. The van der Waals surface area contributed by atoms with E-state index in [2.05, 4.69) is 26.2 Å². The predicted octanol–water partition coefficient (Wildman–Crippen LogP) is 3.17. The van der Waals surface area contributed by atoms with Gasteiger partial charge in [0, 0.05) is 29.8 Å². The van der Waals surface area contributed by atoms with Crippen molar-refractivity contribution >= 4 is 39.4 Å². The van der Waals surface area contributed by atoms with E-state index in [0.29, 0.717) is 13.2 Å². The van der Waals surface area contributed by atoms with Gasteiger partial charge >= 0.3 is 6.09 Å². The molecule has 3 heterocycles. The molecule has 1 spiro atoms. The van der Waals surface area contributed by atoms with Gasteiger partial charge in [-0.15, -0.1) is 0 Å². The number of pyridine rings is 1. The van der Waals surface area contributed by atoms with Crippen molar-refractivity contribution in [2.24, 2.45) is 0 Å². The van der Waals surface area contributed by atoms with Crippen LogP contribution in [0.4, 0.5) is 10.6 Å². The van der Waals surface area contributed by atoms with Gasteiger partial charge in [-0.05, 0) is 35.2 Å². The second kappa shape index (κ2) is 4.74. The number of hydrogen-bond acceptors (Lipinski definition) is 4. The molecule has 1 aliphatic carbocycles. The van der Waals surface area contributed by atoms with Crippen molar-refractivity contribution in [1.82, 2.24) is 9.88 Å². The van der Waals surface area contributed by atoms with Crippen molar-refractivity contribution in [2.45, 2.75) is 30.7 Å². The minimum absolute atomic E-state index is 0.0171. The summed E-state index contributed by atoms with van der Waals surface area (Å²) in [7, 11) is 0. The van der Waals surface area contributed by atoms with Crippen LogP contribution >= 0.6 is 27.5 Å². The number of fused-ring (bicyclic) bond motifs is 2. The van der Waals surface area contributed by atoms with Crippen molar-refractivity contribution in [3.8, 4) is 0 Å². The Labute approximate surface area is 136 Å². The van der Waals surface area contributed by atoms with Crippen LogP contribution in [-0.4, -0.2) is 41.7 Å². The van der Waals surface area contributed by atoms with Gasteiger partial charge in [0.2, 0.25) is 0 Å². The number of cyclic esters (lactones) is 1. The van der Waals surface area contributed by atoms with Gasteiger partial charge in [-0.3, -0.25) is 0 Å². The Balaban J connectivity index is 1.67. The van der Waals surface area contributed by atoms with Crippen molar-refractivity contribution in [2.75, 3.05) is 25.0 Å². The molecule has 2 fully saturated rings. The van der Waals surface area contributed by atoms with E-state index in [1.807, 2.05) is 4.90 Å². The minimum Gasteiger partial charge on any atom is -0.448 e. The van der Waals surface area contributed by atoms with E-state index in [9.17, 15) is 4.79 Å². The number of rotatable bonds is 1. The fourth-order valence-electron chi connectivity index (χ4n) is 3.91. The summed E-state index contributed by atoms with van der Waals surface area (Å²) < 4.78 is 5.90. The number of amides is 1. The molecule has 7 heteroatoms. The van der Waals surface area contributed by atoms with Gasteiger partial charge in [-0.25, -0.2) is 9.78 Å². The fraction of sp³-hybridized carbons (Fsp3) is 0.571. The van der Waals surface area contributed by atoms with Crippen LogP contribution < -0.4 is 5.32 Å². The van der Waals surface area contributed by atoms with Crippen LogP contribution in [0.2, 0.25) is 5.02 Å². The lowest BCUT2D eigenvalue weighted by atomic mass is 9.81. The van der Waals surface area contributed by atoms with E-state index in [-0.39, 0.29) is 17.6 Å². The molecule has 1 aromatic rings. The van der Waals surface area contributed by atoms with Gasteiger partial charge in [0.15, 0.2) is 0 Å². The van der Waals surface area contributed by atoms with Gasteiger partial charge in [-0.1, -0.05) is 11.6 Å². The van der Waals surface area contributed by atoms with Crippen LogP contribution in [-0.2, 0) is 10.2 Å². The highest BCUT2D eigenvalue weighted by atomic mass is 79.9. The molecule has 1 aromatic heterocycles. The standard InChI is InChI=1S/C14H15BrClN3O2/c15-9-6-17-12-10(11(9)16)14(7-18-12)2-1-8(5-14)19-3-4-21-13(19)20/h6,8H,1-5,7H2,(H,17,18)/t8-,14-/m0/s1. The third-order valence-corrected chi connectivity index (χ3v) is 6.14. The van der Waals surface area contributed by atoms with E-state index < -0.39 is 0 Å². The zero-order chi connectivity index (χ0) is 14.6. The summed E-state index contributed by atoms with van der Waals surface area (Å²) in [4.78, 5) is 18.1. The first kappa shape index (κ1) is 13.6. The molecule has 1 N–H and O–H groups in total. The number of nitrogens with zero attached hydrogens (tertiary/aromatic N) is 2. The molecule has 1 saturated carbocycles. The normalized spacial score (nSPS) is 30.7. The van der Waals surface area contributed by atoms with Crippen molar-refractivity contribution < 1.29 is 9.53 Å². The van der Waals surface area contributed by atoms with Crippen LogP contribution in [0.1, 0.15) is 24.8 Å². The van der Waals surface area contributed by atoms with Gasteiger partial charge in [0.1, 0.15) is 12.4 Å². The second-order valence-corrected chi connectivity index (χ2v) is 7.21. The lowest BCUT2D eigenvalue weighted by Crippen LogP contribution is -2.36. The smallest absolute Gasteiger partial charge is 0.410 e. The van der Waals surface area contributed by atoms with Crippen LogP contribution in [0.15, 0.2) is 10.7 Å². The van der Waals surface area contributed by atoms with Crippen LogP contribution in [0, 0.1) is 0 Å². The fourth-order valence-corrected chi connectivity index (χ4v) is 4.55. The summed E-state index contributed by atoms with van der Waals surface area (Å²) in [6, 6.07) is 0.239. The van der Waals surface area contributed by atoms with Gasteiger partial charge in [0.05, 0.1) is 16.0 Å². The minimum atomic E-state index is -0.179. The molecular formula is C14H15BrClN3O2. The quantitative estimate of drug-likeness (QED) is 0.823. The molecule has 4 rings (SSSR count). The van der Waals surface area contributed by atoms with E-state index in [4.69, 9.17) is 16.3 Å². The molecule has 0 radical (unpaired) electrons. The highest BCUT2D eigenvalue weighted by Gasteiger charge is 2.50. The van der Waals surface area contributed by atoms with Crippen LogP contribution in [0.3, 0.4) is 0 Å². The molecule has 0 unspecified atom stereocenters. The first-order valence-electron chi connectivity index (χ1n) is 7.12. The molecule has 2 aliphatic heterocycles. The number of aromatic nitrogens is 1. The van der Waals surface area contributed by atoms with E-state index in [1.165, 1.54) is 0 Å². The number of anilines is 1. The summed E-state index contributed by atoms with van der Waals surface area (Å²) in [5, 5.41) is 4.12. The number of nitrogens with one attached hydrogen (secondary N) is 1. The molecule has 21 heavy (non-hydrogen) atoms. The Hall–Kier alpha value is -1.01. The van der Waals surface area contributed by atoms with E-state index in [0.717, 1.165) is 46.7 Å². The average Bonchev–Trinajstić information content (AvgIpc) is 3.15. The number of halogens is 2. The van der Waals surface area contributed by atoms with Crippen LogP contribution in [0.25, 0.3) is 0 Å². The van der Waals surface area contributed by atoms with E-state index in [1.54, 1.807) is 6.20 Å². The van der Waals surface area contributed by atoms with Gasteiger partial charge < -0.3 is 15.0 Å². The first-order chi connectivity index (χ1) is 10.1. The third kappa shape index (κ3) is 1.95. The Morgan fingerprint density at radius 3 is 3.19 bits per heavy atom. The topological polar surface area (TPSA) is 54.5 Å². The summed E-state index contributed by atoms with van der Waals surface area (Å²) in [6.07, 6.45) is 4.47. The lowest BCUT2D eigenvalue weighted by Gasteiger charge is -2.26. The molecule has 0 bridgehead atoms. The first-order valence-corrected chi connectivity index (χ1v) is 8.30. The highest BCUT2D eigenvalue weighted by Crippen LogP contribution is 2.52. The molecule has 112 valence electrons. The Bertz CT molecular complexity index is 626. The molecular weight excluding hydrogens is 358 g/mol. The van der Waals surface area contributed by atoms with Crippen molar-refractivity contribution in [3.63, 3.8) is 0 Å². The SMILES string of the molecule is O=C1OCCN1[C@H]1CC[C@@]2(CNc3ncc(Br)c(Cl)c32)C1. The van der Waals surface area contributed by atoms with Crippen molar-refractivity contribution in [3.05, 3.63) is 21.3 Å². The zero-order valence-corrected chi connectivity index (χ0v) is 13.7. The van der Waals surface area contributed by atoms with E-state index >= 15 is 0 Å². The molecule has 2 atom stereocenters. The molecule has 3 aliphatic rings. The predicted molar refractivity (Wildman–Crippen MR) is 82.8 cm³/mol. The van der Waals surface area contributed by atoms with Crippen molar-refractivity contribution in [1.29, 1.82) is 0 Å². The Morgan fingerprint density at radius 2 is 2.43 bits per heavy atom. The maximum atomic E-state index is 11.8. The lowest BCUT2D eigenvalue weighted by molar-refractivity contribution is 0.147. The van der Waals surface area contributed by atoms with Gasteiger partial charge in [0.25, 0.3) is 0 Å². The summed E-state index contributed by atoms with van der Waals surface area (Å²) in [5.41, 5.74) is 1.09. The monoisotopic (exact) mass is 371 g/mol. The Kier molecular flexibility index (Phi) is 3.08. The molecule has 5 nitrogen and oxygen atoms in total. The van der Waals surface area contributed by atoms with Crippen LogP contribution in [0.5, 0.6) is 0 Å². The molecule has 1 amide bonds. The Morgan fingerprint density at radius 1 is 1.57 bits per heavy atom. The second-order valence-electron chi connectivity index (χ2n) is 5.98.